The van der Waals surface area contributed by atoms with E-state index in [1.54, 1.807) is 12.1 Å². The van der Waals surface area contributed by atoms with Gasteiger partial charge in [-0.05, 0) is 37.6 Å². The molecule has 31 heavy (non-hydrogen) atoms. The number of ether oxygens (including phenoxy) is 2. The second-order valence-electron chi connectivity index (χ2n) is 8.07. The molecule has 4 rings (SSSR count). The molecule has 2 heterocycles. The van der Waals surface area contributed by atoms with Crippen molar-refractivity contribution in [1.82, 2.24) is 5.06 Å². The maximum Gasteiger partial charge on any atom is 0.351 e. The van der Waals surface area contributed by atoms with E-state index in [4.69, 9.17) is 37.5 Å². The summed E-state index contributed by atoms with van der Waals surface area (Å²) in [5.41, 5.74) is 1.98. The van der Waals surface area contributed by atoms with E-state index in [-0.39, 0.29) is 23.6 Å². The Morgan fingerprint density at radius 2 is 2.03 bits per heavy atom. The standard InChI is InChI=1S/C22H22Cl2N2O5/c1-22(2)11-13-5-4-6-14(20(13)30-22)12-25-21(28)26(18(31-25)10-19(27)29-3)17-8-7-15(23)9-16(17)24/h4-9,18H,10-12H2,1-3H3. The Morgan fingerprint density at radius 3 is 2.74 bits per heavy atom. The van der Waals surface area contributed by atoms with Gasteiger partial charge in [0.15, 0.2) is 6.23 Å². The van der Waals surface area contributed by atoms with Crippen LogP contribution in [0.25, 0.3) is 0 Å². The van der Waals surface area contributed by atoms with E-state index in [2.05, 4.69) is 0 Å². The van der Waals surface area contributed by atoms with E-state index in [1.807, 2.05) is 32.0 Å². The summed E-state index contributed by atoms with van der Waals surface area (Å²) >= 11 is 12.3. The van der Waals surface area contributed by atoms with Crippen LogP contribution >= 0.6 is 23.2 Å². The van der Waals surface area contributed by atoms with Gasteiger partial charge in [-0.2, -0.15) is 5.06 Å². The fourth-order valence-corrected chi connectivity index (χ4v) is 4.33. The van der Waals surface area contributed by atoms with Crippen LogP contribution < -0.4 is 9.64 Å². The number of rotatable bonds is 5. The van der Waals surface area contributed by atoms with Gasteiger partial charge in [0.25, 0.3) is 0 Å². The number of nitrogens with zero attached hydrogens (tertiary/aromatic N) is 2. The molecule has 1 fully saturated rings. The lowest BCUT2D eigenvalue weighted by Crippen LogP contribution is -2.36. The molecule has 2 aromatic carbocycles. The summed E-state index contributed by atoms with van der Waals surface area (Å²) in [6.07, 6.45) is -0.288. The number of para-hydroxylation sites is 1. The van der Waals surface area contributed by atoms with Crippen LogP contribution in [-0.4, -0.2) is 36.0 Å². The van der Waals surface area contributed by atoms with Gasteiger partial charge in [-0.15, -0.1) is 0 Å². The number of urea groups is 1. The summed E-state index contributed by atoms with van der Waals surface area (Å²) < 4.78 is 10.9. The molecule has 1 saturated heterocycles. The Hall–Kier alpha value is -2.48. The van der Waals surface area contributed by atoms with Crippen molar-refractivity contribution in [3.8, 4) is 5.75 Å². The van der Waals surface area contributed by atoms with Gasteiger partial charge in [-0.1, -0.05) is 41.4 Å². The summed E-state index contributed by atoms with van der Waals surface area (Å²) in [4.78, 5) is 32.5. The van der Waals surface area contributed by atoms with Gasteiger partial charge in [0.05, 0.1) is 30.8 Å². The van der Waals surface area contributed by atoms with Gasteiger partial charge in [0.1, 0.15) is 11.4 Å². The number of halogens is 2. The van der Waals surface area contributed by atoms with Crippen molar-refractivity contribution in [2.75, 3.05) is 12.0 Å². The van der Waals surface area contributed by atoms with Crippen molar-refractivity contribution < 1.29 is 23.9 Å². The molecule has 2 amide bonds. The minimum atomic E-state index is -0.909. The first-order valence-electron chi connectivity index (χ1n) is 9.77. The Kier molecular flexibility index (Phi) is 5.77. The quantitative estimate of drug-likeness (QED) is 0.584. The summed E-state index contributed by atoms with van der Waals surface area (Å²) in [5.74, 6) is 0.247. The highest BCUT2D eigenvalue weighted by atomic mass is 35.5. The number of benzene rings is 2. The van der Waals surface area contributed by atoms with E-state index in [1.165, 1.54) is 23.1 Å². The fourth-order valence-electron chi connectivity index (χ4n) is 3.84. The molecule has 0 aromatic heterocycles. The Bertz CT molecular complexity index is 1040. The number of hydrogen-bond acceptors (Lipinski definition) is 5. The summed E-state index contributed by atoms with van der Waals surface area (Å²) in [6.45, 7) is 4.19. The van der Waals surface area contributed by atoms with Gasteiger partial charge in [0.2, 0.25) is 0 Å². The van der Waals surface area contributed by atoms with Crippen molar-refractivity contribution in [2.45, 2.75) is 45.1 Å². The molecule has 9 heteroatoms. The summed E-state index contributed by atoms with van der Waals surface area (Å²) in [7, 11) is 1.28. The van der Waals surface area contributed by atoms with E-state index in [0.29, 0.717) is 10.7 Å². The van der Waals surface area contributed by atoms with Crippen molar-refractivity contribution in [3.05, 3.63) is 57.6 Å². The lowest BCUT2D eigenvalue weighted by molar-refractivity contribution is -0.155. The molecule has 1 unspecified atom stereocenters. The molecule has 0 radical (unpaired) electrons. The third-order valence-electron chi connectivity index (χ3n) is 5.18. The van der Waals surface area contributed by atoms with Gasteiger partial charge in [-0.3, -0.25) is 9.69 Å². The van der Waals surface area contributed by atoms with Crippen LogP contribution in [0.2, 0.25) is 10.0 Å². The third-order valence-corrected chi connectivity index (χ3v) is 5.72. The van der Waals surface area contributed by atoms with Crippen LogP contribution in [0.15, 0.2) is 36.4 Å². The van der Waals surface area contributed by atoms with Crippen LogP contribution in [0.5, 0.6) is 5.75 Å². The number of hydrogen-bond donors (Lipinski definition) is 0. The first-order chi connectivity index (χ1) is 14.7. The zero-order valence-corrected chi connectivity index (χ0v) is 18.9. The van der Waals surface area contributed by atoms with Crippen molar-refractivity contribution in [1.29, 1.82) is 0 Å². The van der Waals surface area contributed by atoms with Gasteiger partial charge >= 0.3 is 12.0 Å². The first-order valence-corrected chi connectivity index (χ1v) is 10.5. The van der Waals surface area contributed by atoms with E-state index in [0.717, 1.165) is 23.3 Å². The molecule has 2 aliphatic heterocycles. The number of methoxy groups -OCH3 is 1. The molecule has 1 atom stereocenters. The molecule has 0 bridgehead atoms. The minimum Gasteiger partial charge on any atom is -0.487 e. The molecule has 0 spiro atoms. The molecule has 0 saturated carbocycles. The first kappa shape index (κ1) is 21.7. The molecular weight excluding hydrogens is 443 g/mol. The molecule has 0 aliphatic carbocycles. The smallest absolute Gasteiger partial charge is 0.351 e. The largest absolute Gasteiger partial charge is 0.487 e. The molecule has 2 aliphatic rings. The van der Waals surface area contributed by atoms with E-state index < -0.39 is 18.2 Å². The van der Waals surface area contributed by atoms with Crippen molar-refractivity contribution >= 4 is 40.9 Å². The number of carbonyl (C=O) groups is 2. The van der Waals surface area contributed by atoms with Gasteiger partial charge < -0.3 is 9.47 Å². The SMILES string of the molecule is COC(=O)CC1ON(Cc2cccc3c2OC(C)(C)C3)C(=O)N1c1ccc(Cl)cc1Cl. The summed E-state index contributed by atoms with van der Waals surface area (Å²) in [5, 5.41) is 1.91. The van der Waals surface area contributed by atoms with Gasteiger partial charge in [0, 0.05) is 17.0 Å². The highest BCUT2D eigenvalue weighted by Crippen LogP contribution is 2.40. The average molecular weight is 465 g/mol. The number of hydroxylamine groups is 2. The normalized spacial score (nSPS) is 19.4. The second kappa shape index (κ2) is 8.22. The minimum absolute atomic E-state index is 0.150. The van der Waals surface area contributed by atoms with Gasteiger partial charge in [-0.25, -0.2) is 9.63 Å². The maximum absolute atomic E-state index is 13.3. The van der Waals surface area contributed by atoms with Crippen LogP contribution in [0, 0.1) is 0 Å². The Balaban J connectivity index is 1.64. The molecule has 0 N–H and O–H groups in total. The second-order valence-corrected chi connectivity index (χ2v) is 8.91. The van der Waals surface area contributed by atoms with Crippen LogP contribution in [0.1, 0.15) is 31.4 Å². The predicted molar refractivity (Wildman–Crippen MR) is 116 cm³/mol. The van der Waals surface area contributed by atoms with E-state index in [9.17, 15) is 9.59 Å². The van der Waals surface area contributed by atoms with Crippen LogP contribution in [0.4, 0.5) is 10.5 Å². The number of amides is 2. The molecule has 164 valence electrons. The summed E-state index contributed by atoms with van der Waals surface area (Å²) in [6, 6.07) is 10.2. The lowest BCUT2D eigenvalue weighted by Gasteiger charge is -2.21. The van der Waals surface area contributed by atoms with Crippen LogP contribution in [0.3, 0.4) is 0 Å². The molecule has 2 aromatic rings. The average Bonchev–Trinajstić information content (AvgIpc) is 3.18. The fraction of sp³-hybridized carbons (Fsp3) is 0.364. The Morgan fingerprint density at radius 1 is 1.26 bits per heavy atom. The highest BCUT2D eigenvalue weighted by molar-refractivity contribution is 6.36. The monoisotopic (exact) mass is 464 g/mol. The zero-order chi connectivity index (χ0) is 22.3. The number of carbonyl (C=O) groups excluding carboxylic acids is 2. The van der Waals surface area contributed by atoms with Crippen LogP contribution in [-0.2, 0) is 27.3 Å². The Labute approximate surface area is 190 Å². The number of anilines is 1. The highest BCUT2D eigenvalue weighted by Gasteiger charge is 2.43. The molecular formula is C22H22Cl2N2O5. The number of fused-ring (bicyclic) bond motifs is 1. The third kappa shape index (κ3) is 4.31. The van der Waals surface area contributed by atoms with Crippen molar-refractivity contribution in [3.63, 3.8) is 0 Å². The molecule has 7 nitrogen and oxygen atoms in total. The topological polar surface area (TPSA) is 68.3 Å². The number of esters is 1. The maximum atomic E-state index is 13.3. The lowest BCUT2D eigenvalue weighted by atomic mass is 10.0. The zero-order valence-electron chi connectivity index (χ0n) is 17.4. The van der Waals surface area contributed by atoms with Crippen molar-refractivity contribution in [2.24, 2.45) is 0 Å². The van der Waals surface area contributed by atoms with E-state index >= 15 is 0 Å². The predicted octanol–water partition coefficient (Wildman–Crippen LogP) is 4.97.